The number of benzene rings is 1. The van der Waals surface area contributed by atoms with Crippen LogP contribution in [-0.4, -0.2) is 13.4 Å². The number of halogens is 2. The minimum absolute atomic E-state index is 0.0525. The molecule has 0 amide bonds. The number of aromatic amines is 1. The Kier molecular flexibility index (Phi) is 2.21. The summed E-state index contributed by atoms with van der Waals surface area (Å²) in [6.07, 6.45) is 1.33. The molecular weight excluding hydrogens is 245 g/mol. The number of fused-ring (bicyclic) bond motifs is 1. The Morgan fingerprint density at radius 3 is 2.64 bits per heavy atom. The molecule has 0 radical (unpaired) electrons. The van der Waals surface area contributed by atoms with Gasteiger partial charge in [-0.25, -0.2) is 8.42 Å². The summed E-state index contributed by atoms with van der Waals surface area (Å²) in [5.74, 6) is 0. The molecule has 1 N–H and O–H groups in total. The van der Waals surface area contributed by atoms with E-state index in [-0.39, 0.29) is 4.90 Å². The number of hydrogen-bond donors (Lipinski definition) is 1. The van der Waals surface area contributed by atoms with Gasteiger partial charge in [0.15, 0.2) is 0 Å². The van der Waals surface area contributed by atoms with Crippen LogP contribution in [0.2, 0.25) is 5.02 Å². The van der Waals surface area contributed by atoms with Crippen molar-refractivity contribution in [2.45, 2.75) is 4.90 Å². The molecule has 3 nitrogen and oxygen atoms in total. The smallest absolute Gasteiger partial charge is 0.263 e. The first-order valence-corrected chi connectivity index (χ1v) is 6.39. The lowest BCUT2D eigenvalue weighted by molar-refractivity contribution is 0.610. The molecule has 0 spiro atoms. The number of hydrogen-bond acceptors (Lipinski definition) is 2. The number of aromatic nitrogens is 1. The van der Waals surface area contributed by atoms with Crippen molar-refractivity contribution in [3.8, 4) is 0 Å². The first kappa shape index (κ1) is 9.83. The summed E-state index contributed by atoms with van der Waals surface area (Å²) in [5, 5.41) is 0.974. The quantitative estimate of drug-likeness (QED) is 0.791. The zero-order chi connectivity index (χ0) is 10.3. The van der Waals surface area contributed by atoms with Crippen LogP contribution in [0, 0.1) is 0 Å². The molecule has 0 bridgehead atoms. The van der Waals surface area contributed by atoms with E-state index >= 15 is 0 Å². The Morgan fingerprint density at radius 2 is 2.00 bits per heavy atom. The Labute approximate surface area is 90.1 Å². The van der Waals surface area contributed by atoms with Gasteiger partial charge in [0, 0.05) is 22.3 Å². The highest BCUT2D eigenvalue weighted by Gasteiger charge is 2.16. The molecule has 0 unspecified atom stereocenters. The lowest BCUT2D eigenvalue weighted by Gasteiger charge is -1.94. The summed E-state index contributed by atoms with van der Waals surface area (Å²) in [5.41, 5.74) is 0.577. The van der Waals surface area contributed by atoms with Gasteiger partial charge in [-0.3, -0.25) is 0 Å². The fourth-order valence-corrected chi connectivity index (χ4v) is 2.54. The number of rotatable bonds is 1. The van der Waals surface area contributed by atoms with Crippen molar-refractivity contribution in [1.29, 1.82) is 0 Å². The van der Waals surface area contributed by atoms with E-state index in [1.165, 1.54) is 6.20 Å². The highest BCUT2D eigenvalue weighted by atomic mass is 35.7. The second-order valence-corrected chi connectivity index (χ2v) is 5.69. The molecule has 6 heteroatoms. The molecule has 1 aromatic carbocycles. The van der Waals surface area contributed by atoms with Crippen molar-refractivity contribution in [2.24, 2.45) is 0 Å². The Balaban J connectivity index is 2.90. The van der Waals surface area contributed by atoms with Gasteiger partial charge in [-0.05, 0) is 6.07 Å². The van der Waals surface area contributed by atoms with Gasteiger partial charge < -0.3 is 4.98 Å². The van der Waals surface area contributed by atoms with E-state index in [4.69, 9.17) is 22.3 Å². The normalized spacial score (nSPS) is 12.1. The molecule has 1 aromatic heterocycles. The van der Waals surface area contributed by atoms with Crippen LogP contribution in [0.3, 0.4) is 0 Å². The van der Waals surface area contributed by atoms with Gasteiger partial charge in [0.1, 0.15) is 4.90 Å². The van der Waals surface area contributed by atoms with E-state index in [1.54, 1.807) is 18.2 Å². The summed E-state index contributed by atoms with van der Waals surface area (Å²) in [6, 6.07) is 4.99. The van der Waals surface area contributed by atoms with Crippen LogP contribution in [-0.2, 0) is 9.05 Å². The highest BCUT2D eigenvalue weighted by Crippen LogP contribution is 2.29. The average molecular weight is 250 g/mol. The summed E-state index contributed by atoms with van der Waals surface area (Å²) in [4.78, 5) is 2.82. The summed E-state index contributed by atoms with van der Waals surface area (Å²) in [6.45, 7) is 0. The number of para-hydroxylation sites is 1. The van der Waals surface area contributed by atoms with Gasteiger partial charge >= 0.3 is 0 Å². The van der Waals surface area contributed by atoms with Crippen LogP contribution < -0.4 is 0 Å². The predicted molar refractivity (Wildman–Crippen MR) is 56.3 cm³/mol. The van der Waals surface area contributed by atoms with Gasteiger partial charge in [-0.2, -0.15) is 0 Å². The van der Waals surface area contributed by atoms with Gasteiger partial charge in [-0.15, -0.1) is 0 Å². The fraction of sp³-hybridized carbons (Fsp3) is 0. The van der Waals surface area contributed by atoms with Crippen molar-refractivity contribution in [1.82, 2.24) is 4.98 Å². The largest absolute Gasteiger partial charge is 0.359 e. The van der Waals surface area contributed by atoms with Gasteiger partial charge in [0.25, 0.3) is 9.05 Å². The summed E-state index contributed by atoms with van der Waals surface area (Å²) >= 11 is 5.85. The first-order chi connectivity index (χ1) is 6.50. The van der Waals surface area contributed by atoms with Crippen molar-refractivity contribution in [3.63, 3.8) is 0 Å². The van der Waals surface area contributed by atoms with Crippen molar-refractivity contribution in [3.05, 3.63) is 29.4 Å². The van der Waals surface area contributed by atoms with Crippen LogP contribution in [0.15, 0.2) is 29.3 Å². The molecule has 14 heavy (non-hydrogen) atoms. The zero-order valence-electron chi connectivity index (χ0n) is 6.79. The lowest BCUT2D eigenvalue weighted by Crippen LogP contribution is -1.87. The monoisotopic (exact) mass is 249 g/mol. The fourth-order valence-electron chi connectivity index (χ4n) is 1.29. The molecule has 1 heterocycles. The molecule has 0 aliphatic heterocycles. The van der Waals surface area contributed by atoms with Crippen LogP contribution >= 0.6 is 22.3 Å². The third-order valence-corrected chi connectivity index (χ3v) is 3.57. The van der Waals surface area contributed by atoms with Crippen LogP contribution in [0.1, 0.15) is 0 Å². The van der Waals surface area contributed by atoms with E-state index in [0.717, 1.165) is 0 Å². The first-order valence-electron chi connectivity index (χ1n) is 3.70. The Morgan fingerprint density at radius 1 is 1.29 bits per heavy atom. The maximum absolute atomic E-state index is 11.1. The molecular formula is C8H5Cl2NO2S. The van der Waals surface area contributed by atoms with E-state index < -0.39 is 9.05 Å². The topological polar surface area (TPSA) is 49.9 Å². The lowest BCUT2D eigenvalue weighted by atomic mass is 10.2. The molecule has 2 aromatic rings. The van der Waals surface area contributed by atoms with Gasteiger partial charge in [-0.1, -0.05) is 23.7 Å². The Bertz CT molecular complexity index is 588. The van der Waals surface area contributed by atoms with Crippen molar-refractivity contribution >= 4 is 42.2 Å². The minimum Gasteiger partial charge on any atom is -0.359 e. The molecule has 0 saturated carbocycles. The van der Waals surface area contributed by atoms with Crippen LogP contribution in [0.5, 0.6) is 0 Å². The molecule has 0 aliphatic carbocycles. The SMILES string of the molecule is O=S(=O)(Cl)c1c[nH]c2c(Cl)cccc12. The third kappa shape index (κ3) is 1.49. The van der Waals surface area contributed by atoms with E-state index in [9.17, 15) is 8.42 Å². The summed E-state index contributed by atoms with van der Waals surface area (Å²) < 4.78 is 22.2. The van der Waals surface area contributed by atoms with Gasteiger partial charge in [0.05, 0.1) is 10.5 Å². The second-order valence-electron chi connectivity index (χ2n) is 2.75. The molecule has 0 atom stereocenters. The van der Waals surface area contributed by atoms with E-state index in [0.29, 0.717) is 15.9 Å². The third-order valence-electron chi connectivity index (χ3n) is 1.89. The minimum atomic E-state index is -3.72. The van der Waals surface area contributed by atoms with Crippen LogP contribution in [0.4, 0.5) is 0 Å². The van der Waals surface area contributed by atoms with Crippen molar-refractivity contribution in [2.75, 3.05) is 0 Å². The predicted octanol–water partition coefficient (Wildman–Crippen LogP) is 2.75. The maximum Gasteiger partial charge on any atom is 0.263 e. The second kappa shape index (κ2) is 3.15. The highest BCUT2D eigenvalue weighted by molar-refractivity contribution is 8.14. The zero-order valence-corrected chi connectivity index (χ0v) is 9.12. The standard InChI is InChI=1S/C8H5Cl2NO2S/c9-6-3-1-2-5-7(14(10,12)13)4-11-8(5)6/h1-4,11H. The molecule has 2 rings (SSSR count). The Hall–Kier alpha value is -0.710. The molecule has 0 fully saturated rings. The average Bonchev–Trinajstić information content (AvgIpc) is 2.47. The maximum atomic E-state index is 11.1. The van der Waals surface area contributed by atoms with E-state index in [1.807, 2.05) is 0 Å². The van der Waals surface area contributed by atoms with E-state index in [2.05, 4.69) is 4.98 Å². The molecule has 74 valence electrons. The number of nitrogens with one attached hydrogen (secondary N) is 1. The van der Waals surface area contributed by atoms with Gasteiger partial charge in [0.2, 0.25) is 0 Å². The summed E-state index contributed by atoms with van der Waals surface area (Å²) in [7, 11) is 1.52. The number of H-pyrrole nitrogens is 1. The molecule has 0 aliphatic rings. The van der Waals surface area contributed by atoms with Crippen LogP contribution in [0.25, 0.3) is 10.9 Å². The van der Waals surface area contributed by atoms with Crippen molar-refractivity contribution < 1.29 is 8.42 Å². The molecule has 0 saturated heterocycles.